The molecule has 0 radical (unpaired) electrons. The molecule has 2 aromatic heterocycles. The minimum absolute atomic E-state index is 0.126. The fourth-order valence-electron chi connectivity index (χ4n) is 3.38. The van der Waals surface area contributed by atoms with Crippen LogP contribution in [0.4, 0.5) is 10.8 Å². The molecule has 0 aliphatic carbocycles. The van der Waals surface area contributed by atoms with Gasteiger partial charge in [-0.25, -0.2) is 0 Å². The average molecular weight is 410 g/mol. The molecular formula is C19H14N4O5S. The third-order valence-corrected chi connectivity index (χ3v) is 5.28. The van der Waals surface area contributed by atoms with Crippen molar-refractivity contribution in [1.29, 1.82) is 0 Å². The van der Waals surface area contributed by atoms with Crippen molar-refractivity contribution in [2.75, 3.05) is 4.90 Å². The summed E-state index contributed by atoms with van der Waals surface area (Å²) in [5.41, 5.74) is 2.17. The Hall–Kier alpha value is -3.66. The summed E-state index contributed by atoms with van der Waals surface area (Å²) in [6.45, 7) is 3.36. The van der Waals surface area contributed by atoms with Gasteiger partial charge in [0.1, 0.15) is 28.5 Å². The van der Waals surface area contributed by atoms with Crippen LogP contribution in [0.2, 0.25) is 0 Å². The Kier molecular flexibility index (Phi) is 4.55. The molecule has 3 heterocycles. The number of Topliss-reactive ketones (excluding diaryl/α,β-unsaturated/α-hetero) is 1. The molecular weight excluding hydrogens is 396 g/mol. The van der Waals surface area contributed by atoms with Crippen LogP contribution in [0, 0.1) is 18.8 Å². The number of furan rings is 1. The van der Waals surface area contributed by atoms with Crippen LogP contribution in [-0.2, 0) is 9.59 Å². The Labute approximate surface area is 168 Å². The zero-order chi connectivity index (χ0) is 20.7. The number of nitrogens with zero attached hydrogens (tertiary/aromatic N) is 4. The molecule has 1 atom stereocenters. The van der Waals surface area contributed by atoms with Crippen LogP contribution in [0.3, 0.4) is 0 Å². The lowest BCUT2D eigenvalue weighted by atomic mass is 9.95. The van der Waals surface area contributed by atoms with E-state index in [9.17, 15) is 19.6 Å². The quantitative estimate of drug-likeness (QED) is 0.300. The highest BCUT2D eigenvalue weighted by molar-refractivity contribution is 7.13. The van der Waals surface area contributed by atoms with Crippen molar-refractivity contribution >= 4 is 39.6 Å². The number of hydrogen-bond donors (Lipinski definition) is 1. The Morgan fingerprint density at radius 1 is 1.28 bits per heavy atom. The van der Waals surface area contributed by atoms with Gasteiger partial charge in [-0.2, -0.15) is 0 Å². The minimum Gasteiger partial charge on any atom is -0.507 e. The third-order valence-electron chi connectivity index (χ3n) is 4.59. The molecule has 1 amide bonds. The Bertz CT molecular complexity index is 1170. The molecule has 3 aromatic rings. The van der Waals surface area contributed by atoms with Gasteiger partial charge >= 0.3 is 5.91 Å². The molecule has 9 nitrogen and oxygen atoms in total. The Morgan fingerprint density at radius 2 is 2.07 bits per heavy atom. The summed E-state index contributed by atoms with van der Waals surface area (Å²) < 4.78 is 5.45. The monoisotopic (exact) mass is 410 g/mol. The number of amides is 1. The highest BCUT2D eigenvalue weighted by atomic mass is 32.1. The van der Waals surface area contributed by atoms with Gasteiger partial charge in [0.15, 0.2) is 0 Å². The normalized spacial score (nSPS) is 18.4. The van der Waals surface area contributed by atoms with Crippen molar-refractivity contribution in [1.82, 2.24) is 10.2 Å². The lowest BCUT2D eigenvalue weighted by Gasteiger charge is -2.22. The molecule has 1 N–H and O–H groups in total. The van der Waals surface area contributed by atoms with Crippen molar-refractivity contribution in [2.24, 2.45) is 5.18 Å². The van der Waals surface area contributed by atoms with E-state index in [0.29, 0.717) is 22.6 Å². The number of nitroso groups, excluding NO2 is 1. The summed E-state index contributed by atoms with van der Waals surface area (Å²) >= 11 is 1.07. The summed E-state index contributed by atoms with van der Waals surface area (Å²) in [6, 6.07) is 6.76. The lowest BCUT2D eigenvalue weighted by molar-refractivity contribution is -0.132. The van der Waals surface area contributed by atoms with Gasteiger partial charge < -0.3 is 9.52 Å². The van der Waals surface area contributed by atoms with E-state index < -0.39 is 17.7 Å². The Morgan fingerprint density at radius 3 is 2.69 bits per heavy atom. The molecule has 1 fully saturated rings. The van der Waals surface area contributed by atoms with Crippen LogP contribution in [0.5, 0.6) is 0 Å². The van der Waals surface area contributed by atoms with Gasteiger partial charge in [0.05, 0.1) is 17.2 Å². The number of aryl methyl sites for hydroxylation is 2. The molecule has 1 aromatic carbocycles. The summed E-state index contributed by atoms with van der Waals surface area (Å²) in [6.07, 6.45) is 0. The zero-order valence-electron chi connectivity index (χ0n) is 15.3. The maximum absolute atomic E-state index is 12.9. The molecule has 1 aliphatic rings. The zero-order valence-corrected chi connectivity index (χ0v) is 16.1. The van der Waals surface area contributed by atoms with Crippen LogP contribution in [0.25, 0.3) is 5.76 Å². The summed E-state index contributed by atoms with van der Waals surface area (Å²) in [4.78, 5) is 37.9. The predicted octanol–water partition coefficient (Wildman–Crippen LogP) is 3.77. The smallest absolute Gasteiger partial charge is 0.301 e. The topological polar surface area (TPSA) is 126 Å². The SMILES string of the molecule is Cc1cc(/C(O)=C2\C(=O)C(=O)N(c3nncs3)C2c2cccc(N=O)c2)c(C)o1. The van der Waals surface area contributed by atoms with Crippen LogP contribution in [0.15, 0.2) is 51.0 Å². The fourth-order valence-corrected chi connectivity index (χ4v) is 3.96. The number of aromatic nitrogens is 2. The highest BCUT2D eigenvalue weighted by Gasteiger charge is 2.48. The second-order valence-corrected chi connectivity index (χ2v) is 7.22. The fraction of sp³-hybridized carbons (Fsp3) is 0.158. The van der Waals surface area contributed by atoms with E-state index in [1.165, 1.54) is 17.6 Å². The average Bonchev–Trinajstić information content (AvgIpc) is 3.41. The molecule has 1 aliphatic heterocycles. The number of ketones is 1. The Balaban J connectivity index is 1.98. The maximum atomic E-state index is 12.9. The largest absolute Gasteiger partial charge is 0.507 e. The van der Waals surface area contributed by atoms with Gasteiger partial charge in [-0.05, 0) is 42.8 Å². The molecule has 4 rings (SSSR count). The van der Waals surface area contributed by atoms with E-state index in [1.54, 1.807) is 32.0 Å². The van der Waals surface area contributed by atoms with E-state index in [2.05, 4.69) is 15.4 Å². The van der Waals surface area contributed by atoms with Gasteiger partial charge in [0.2, 0.25) is 5.13 Å². The second-order valence-electron chi connectivity index (χ2n) is 6.40. The minimum atomic E-state index is -1.00. The van der Waals surface area contributed by atoms with E-state index in [-0.39, 0.29) is 22.2 Å². The third kappa shape index (κ3) is 3.03. The molecule has 29 heavy (non-hydrogen) atoms. The van der Waals surface area contributed by atoms with Gasteiger partial charge in [-0.1, -0.05) is 23.5 Å². The molecule has 0 saturated carbocycles. The first-order valence-electron chi connectivity index (χ1n) is 8.50. The van der Waals surface area contributed by atoms with Gasteiger partial charge in [0, 0.05) is 0 Å². The molecule has 0 bridgehead atoms. The van der Waals surface area contributed by atoms with Crippen molar-refractivity contribution in [2.45, 2.75) is 19.9 Å². The lowest BCUT2D eigenvalue weighted by Crippen LogP contribution is -2.29. The molecule has 146 valence electrons. The highest BCUT2D eigenvalue weighted by Crippen LogP contribution is 2.43. The van der Waals surface area contributed by atoms with Gasteiger partial charge in [-0.15, -0.1) is 15.1 Å². The van der Waals surface area contributed by atoms with Crippen molar-refractivity contribution in [3.05, 3.63) is 69.0 Å². The predicted molar refractivity (Wildman–Crippen MR) is 105 cm³/mol. The summed E-state index contributed by atoms with van der Waals surface area (Å²) in [5, 5.41) is 21.7. The standard InChI is InChI=1S/C19H14N4O5S/c1-9-6-13(10(2)28-9)16(24)14-15(11-4-3-5-12(7-11)22-27)23(18(26)17(14)25)19-21-20-8-29-19/h3-8,15,24H,1-2H3/b16-14+. The number of hydrogen-bond acceptors (Lipinski definition) is 9. The van der Waals surface area contributed by atoms with Crippen LogP contribution < -0.4 is 4.90 Å². The molecule has 1 saturated heterocycles. The number of aliphatic hydroxyl groups is 1. The number of aliphatic hydroxyl groups excluding tert-OH is 1. The first-order valence-corrected chi connectivity index (χ1v) is 9.38. The van der Waals surface area contributed by atoms with Crippen molar-refractivity contribution in [3.63, 3.8) is 0 Å². The van der Waals surface area contributed by atoms with E-state index in [0.717, 1.165) is 16.2 Å². The van der Waals surface area contributed by atoms with Crippen molar-refractivity contribution < 1.29 is 19.1 Å². The molecule has 1 unspecified atom stereocenters. The molecule has 10 heteroatoms. The van der Waals surface area contributed by atoms with E-state index in [4.69, 9.17) is 4.42 Å². The first kappa shape index (κ1) is 18.7. The number of rotatable bonds is 4. The van der Waals surface area contributed by atoms with Gasteiger partial charge in [0.25, 0.3) is 5.78 Å². The maximum Gasteiger partial charge on any atom is 0.301 e. The van der Waals surface area contributed by atoms with Crippen LogP contribution >= 0.6 is 11.3 Å². The van der Waals surface area contributed by atoms with Crippen LogP contribution in [-0.4, -0.2) is 27.0 Å². The first-order chi connectivity index (χ1) is 13.9. The van der Waals surface area contributed by atoms with Crippen molar-refractivity contribution in [3.8, 4) is 0 Å². The number of carbonyl (C=O) groups excluding carboxylic acids is 2. The number of carbonyl (C=O) groups is 2. The van der Waals surface area contributed by atoms with Gasteiger partial charge in [-0.3, -0.25) is 14.5 Å². The summed E-state index contributed by atoms with van der Waals surface area (Å²) in [7, 11) is 0. The second kappa shape index (κ2) is 7.06. The summed E-state index contributed by atoms with van der Waals surface area (Å²) in [5.74, 6) is -1.13. The molecule has 0 spiro atoms. The van der Waals surface area contributed by atoms with E-state index >= 15 is 0 Å². The number of anilines is 1. The van der Waals surface area contributed by atoms with E-state index in [1.807, 2.05) is 0 Å². The number of benzene rings is 1. The van der Waals surface area contributed by atoms with Crippen LogP contribution in [0.1, 0.15) is 28.7 Å².